The van der Waals surface area contributed by atoms with Gasteiger partial charge in [0.05, 0.1) is 0 Å². The van der Waals surface area contributed by atoms with Crippen LogP contribution in [0, 0.1) is 0 Å². The summed E-state index contributed by atoms with van der Waals surface area (Å²) >= 11 is 0. The molecule has 0 bridgehead atoms. The Balaban J connectivity index is 1.74. The number of oxazole rings is 1. The number of aromatic nitrogens is 1. The van der Waals surface area contributed by atoms with Gasteiger partial charge in [-0.3, -0.25) is 4.79 Å². The van der Waals surface area contributed by atoms with Crippen LogP contribution < -0.4 is 5.73 Å². The van der Waals surface area contributed by atoms with Crippen LogP contribution in [0.15, 0.2) is 34.9 Å². The maximum absolute atomic E-state index is 12.5. The third-order valence-corrected chi connectivity index (χ3v) is 4.02. The predicted octanol–water partition coefficient (Wildman–Crippen LogP) is 3.33. The Morgan fingerprint density at radius 3 is 2.36 bits per heavy atom. The highest BCUT2D eigenvalue weighted by Crippen LogP contribution is 2.21. The lowest BCUT2D eigenvalue weighted by molar-refractivity contribution is 0.0736. The Bertz CT molecular complexity index is 626. The highest BCUT2D eigenvalue weighted by atomic mass is 16.3. The molecule has 0 aliphatic carbocycles. The van der Waals surface area contributed by atoms with Crippen LogP contribution in [-0.2, 0) is 0 Å². The second-order valence-corrected chi connectivity index (χ2v) is 5.72. The van der Waals surface area contributed by atoms with Gasteiger partial charge in [0.25, 0.3) is 5.91 Å². The highest BCUT2D eigenvalue weighted by molar-refractivity contribution is 5.92. The Morgan fingerprint density at radius 1 is 1.05 bits per heavy atom. The number of benzene rings is 1. The summed E-state index contributed by atoms with van der Waals surface area (Å²) in [5, 5.41) is 0. The molecule has 0 radical (unpaired) electrons. The Labute approximate surface area is 130 Å². The van der Waals surface area contributed by atoms with Crippen molar-refractivity contribution in [2.75, 3.05) is 18.8 Å². The lowest BCUT2D eigenvalue weighted by atomic mass is 10.1. The van der Waals surface area contributed by atoms with E-state index >= 15 is 0 Å². The van der Waals surface area contributed by atoms with Gasteiger partial charge >= 0.3 is 0 Å². The van der Waals surface area contributed by atoms with E-state index in [1.165, 1.54) is 25.5 Å². The van der Waals surface area contributed by atoms with Gasteiger partial charge in [-0.2, -0.15) is 0 Å². The molecule has 2 aromatic rings. The van der Waals surface area contributed by atoms with Gasteiger partial charge in [0.2, 0.25) is 5.89 Å². The maximum atomic E-state index is 12.5. The minimum Gasteiger partial charge on any atom is -0.444 e. The highest BCUT2D eigenvalue weighted by Gasteiger charge is 2.20. The van der Waals surface area contributed by atoms with Gasteiger partial charge in [-0.15, -0.1) is 0 Å². The average Bonchev–Trinajstić information content (AvgIpc) is 2.97. The van der Waals surface area contributed by atoms with E-state index in [0.717, 1.165) is 31.5 Å². The summed E-state index contributed by atoms with van der Waals surface area (Å²) in [6.45, 7) is 1.62. The zero-order valence-corrected chi connectivity index (χ0v) is 12.6. The van der Waals surface area contributed by atoms with Gasteiger partial charge in [0.1, 0.15) is 6.26 Å². The number of nitrogen functional groups attached to an aromatic ring is 1. The maximum Gasteiger partial charge on any atom is 0.275 e. The Morgan fingerprint density at radius 2 is 1.68 bits per heavy atom. The molecule has 1 aromatic carbocycles. The molecule has 22 heavy (non-hydrogen) atoms. The predicted molar refractivity (Wildman–Crippen MR) is 85.3 cm³/mol. The first-order valence-electron chi connectivity index (χ1n) is 7.85. The minimum atomic E-state index is -0.0349. The first kappa shape index (κ1) is 14.6. The molecule has 0 atom stereocenters. The van der Waals surface area contributed by atoms with E-state index in [4.69, 9.17) is 10.2 Å². The van der Waals surface area contributed by atoms with E-state index in [0.29, 0.717) is 17.3 Å². The fourth-order valence-electron chi connectivity index (χ4n) is 2.74. The first-order chi connectivity index (χ1) is 10.7. The lowest BCUT2D eigenvalue weighted by Gasteiger charge is -2.23. The van der Waals surface area contributed by atoms with Gasteiger partial charge in [-0.25, -0.2) is 4.98 Å². The van der Waals surface area contributed by atoms with Crippen LogP contribution in [0.3, 0.4) is 0 Å². The average molecular weight is 299 g/mol. The van der Waals surface area contributed by atoms with Crippen LogP contribution in [0.5, 0.6) is 0 Å². The molecular formula is C17H21N3O2. The van der Waals surface area contributed by atoms with E-state index in [-0.39, 0.29) is 5.91 Å². The molecular weight excluding hydrogens is 278 g/mol. The molecule has 0 unspecified atom stereocenters. The lowest BCUT2D eigenvalue weighted by Crippen LogP contribution is -2.34. The molecule has 116 valence electrons. The smallest absolute Gasteiger partial charge is 0.275 e. The fourth-order valence-corrected chi connectivity index (χ4v) is 2.74. The summed E-state index contributed by atoms with van der Waals surface area (Å²) in [5.74, 6) is 0.419. The first-order valence-corrected chi connectivity index (χ1v) is 7.85. The fraction of sp³-hybridized carbons (Fsp3) is 0.412. The third kappa shape index (κ3) is 3.30. The van der Waals surface area contributed by atoms with E-state index < -0.39 is 0 Å². The molecule has 1 aromatic heterocycles. The van der Waals surface area contributed by atoms with Crippen molar-refractivity contribution in [1.82, 2.24) is 9.88 Å². The van der Waals surface area contributed by atoms with Gasteiger partial charge < -0.3 is 15.1 Å². The Kier molecular flexibility index (Phi) is 4.42. The molecule has 1 amide bonds. The molecule has 2 heterocycles. The van der Waals surface area contributed by atoms with Gasteiger partial charge in [0.15, 0.2) is 5.69 Å². The van der Waals surface area contributed by atoms with Crippen LogP contribution in [-0.4, -0.2) is 28.9 Å². The van der Waals surface area contributed by atoms with Crippen molar-refractivity contribution >= 4 is 11.6 Å². The van der Waals surface area contributed by atoms with Gasteiger partial charge in [0, 0.05) is 24.3 Å². The van der Waals surface area contributed by atoms with E-state index in [1.807, 2.05) is 17.0 Å². The number of likely N-dealkylation sites (tertiary alicyclic amines) is 1. The molecule has 2 N–H and O–H groups in total. The quantitative estimate of drug-likeness (QED) is 0.863. The summed E-state index contributed by atoms with van der Waals surface area (Å²) in [6.07, 6.45) is 7.24. The molecule has 0 saturated carbocycles. The van der Waals surface area contributed by atoms with Crippen LogP contribution in [0.25, 0.3) is 11.5 Å². The number of hydrogen-bond donors (Lipinski definition) is 1. The van der Waals surface area contributed by atoms with Gasteiger partial charge in [-0.1, -0.05) is 19.3 Å². The second-order valence-electron chi connectivity index (χ2n) is 5.72. The molecule has 0 spiro atoms. The number of carbonyl (C=O) groups excluding carboxylic acids is 1. The topological polar surface area (TPSA) is 72.4 Å². The van der Waals surface area contributed by atoms with Crippen molar-refractivity contribution in [3.63, 3.8) is 0 Å². The number of rotatable bonds is 2. The van der Waals surface area contributed by atoms with Gasteiger partial charge in [-0.05, 0) is 37.1 Å². The molecule has 5 heteroatoms. The van der Waals surface area contributed by atoms with Crippen molar-refractivity contribution < 1.29 is 9.21 Å². The van der Waals surface area contributed by atoms with E-state index in [2.05, 4.69) is 4.98 Å². The summed E-state index contributed by atoms with van der Waals surface area (Å²) in [6, 6.07) is 7.26. The van der Waals surface area contributed by atoms with Crippen molar-refractivity contribution in [1.29, 1.82) is 0 Å². The zero-order chi connectivity index (χ0) is 15.4. The number of carbonyl (C=O) groups is 1. The van der Waals surface area contributed by atoms with Crippen LogP contribution in [0.4, 0.5) is 5.69 Å². The number of amides is 1. The van der Waals surface area contributed by atoms with Crippen LogP contribution in [0.1, 0.15) is 42.6 Å². The van der Waals surface area contributed by atoms with Crippen LogP contribution >= 0.6 is 0 Å². The number of nitrogens with zero attached hydrogens (tertiary/aromatic N) is 2. The monoisotopic (exact) mass is 299 g/mol. The summed E-state index contributed by atoms with van der Waals surface area (Å²) in [4.78, 5) is 18.8. The van der Waals surface area contributed by atoms with Crippen LogP contribution in [0.2, 0.25) is 0 Å². The number of hydrogen-bond acceptors (Lipinski definition) is 4. The van der Waals surface area contributed by atoms with Crippen molar-refractivity contribution in [3.8, 4) is 11.5 Å². The molecule has 1 aliphatic heterocycles. The van der Waals surface area contributed by atoms with Crippen molar-refractivity contribution in [2.24, 2.45) is 0 Å². The SMILES string of the molecule is Nc1ccc(-c2nc(C(=O)N3CCCCCCC3)co2)cc1. The largest absolute Gasteiger partial charge is 0.444 e. The van der Waals surface area contributed by atoms with Crippen molar-refractivity contribution in [3.05, 3.63) is 36.2 Å². The summed E-state index contributed by atoms with van der Waals surface area (Å²) < 4.78 is 5.46. The minimum absolute atomic E-state index is 0.0349. The zero-order valence-electron chi connectivity index (χ0n) is 12.6. The van der Waals surface area contributed by atoms with E-state index in [1.54, 1.807) is 12.1 Å². The summed E-state index contributed by atoms with van der Waals surface area (Å²) in [5.41, 5.74) is 7.56. The summed E-state index contributed by atoms with van der Waals surface area (Å²) in [7, 11) is 0. The second kappa shape index (κ2) is 6.64. The van der Waals surface area contributed by atoms with Crippen molar-refractivity contribution in [2.45, 2.75) is 32.1 Å². The number of anilines is 1. The molecule has 1 saturated heterocycles. The number of nitrogens with two attached hydrogens (primary N) is 1. The Hall–Kier alpha value is -2.30. The molecule has 1 aliphatic rings. The third-order valence-electron chi connectivity index (χ3n) is 4.02. The molecule has 1 fully saturated rings. The van der Waals surface area contributed by atoms with E-state index in [9.17, 15) is 4.79 Å². The standard InChI is InChI=1S/C17H21N3O2/c18-14-8-6-13(7-9-14)16-19-15(12-22-16)17(21)20-10-4-2-1-3-5-11-20/h6-9,12H,1-5,10-11,18H2. The normalized spacial score (nSPS) is 16.1. The molecule has 3 rings (SSSR count). The molecule has 5 nitrogen and oxygen atoms in total.